The molecule has 7 aromatic rings. The summed E-state index contributed by atoms with van der Waals surface area (Å²) < 4.78 is 0. The highest BCUT2D eigenvalue weighted by molar-refractivity contribution is 6.16. The minimum Gasteiger partial charge on any atom is -0.276 e. The molecule has 2 atom stereocenters. The molecule has 0 N–H and O–H groups in total. The second-order valence-electron chi connectivity index (χ2n) is 15.3. The van der Waals surface area contributed by atoms with Gasteiger partial charge in [-0.3, -0.25) is 29.0 Å². The largest absolute Gasteiger partial charge is 0.276 e. The standard InChI is InChI=1S/C52H38N2O4/c55-48-41-30-31-46(39-24-10-9-23-38(39)41)52(51(58)54(33-35-18-5-2-6-19-35)49(56)40-27-15-21-36-20-7-8-22-37(36)40)44-28-13-11-25-42(44)47(43-26-12-14-29-45(43)52)50(57)53(48)32-34-16-3-1-4-17-34/h1-31,41,46-47H,32-33H2. The number of hydrogen-bond donors (Lipinski definition) is 0. The smallest absolute Gasteiger partial charge is 0.261 e. The van der Waals surface area contributed by atoms with Gasteiger partial charge in [-0.25, -0.2) is 0 Å². The topological polar surface area (TPSA) is 74.8 Å². The number of hydrogen-bond acceptors (Lipinski definition) is 4. The Morgan fingerprint density at radius 3 is 1.78 bits per heavy atom. The van der Waals surface area contributed by atoms with E-state index in [0.717, 1.165) is 33.0 Å². The highest BCUT2D eigenvalue weighted by Crippen LogP contribution is 2.58. The molecule has 58 heavy (non-hydrogen) atoms. The summed E-state index contributed by atoms with van der Waals surface area (Å²) in [4.78, 5) is 65.4. The summed E-state index contributed by atoms with van der Waals surface area (Å²) in [5.74, 6) is -3.83. The van der Waals surface area contributed by atoms with E-state index in [-0.39, 0.29) is 24.9 Å². The van der Waals surface area contributed by atoms with E-state index in [1.54, 1.807) is 6.07 Å². The van der Waals surface area contributed by atoms with Gasteiger partial charge in [0.15, 0.2) is 0 Å². The quantitative estimate of drug-likeness (QED) is 0.125. The molecule has 5 aliphatic rings. The zero-order valence-corrected chi connectivity index (χ0v) is 31.6. The van der Waals surface area contributed by atoms with Crippen molar-refractivity contribution < 1.29 is 19.2 Å². The van der Waals surface area contributed by atoms with E-state index < -0.39 is 35.0 Å². The molecule has 0 saturated heterocycles. The van der Waals surface area contributed by atoms with Gasteiger partial charge in [-0.15, -0.1) is 0 Å². The number of allylic oxidation sites excluding steroid dienone is 1. The molecule has 0 radical (unpaired) electrons. The van der Waals surface area contributed by atoms with Gasteiger partial charge in [0, 0.05) is 11.5 Å². The molecule has 0 aromatic heterocycles. The maximum Gasteiger partial charge on any atom is 0.261 e. The lowest BCUT2D eigenvalue weighted by molar-refractivity contribution is -0.146. The van der Waals surface area contributed by atoms with Crippen molar-refractivity contribution in [3.8, 4) is 0 Å². The maximum atomic E-state index is 16.7. The van der Waals surface area contributed by atoms with Crippen molar-refractivity contribution in [1.82, 2.24) is 9.80 Å². The Balaban J connectivity index is 1.27. The summed E-state index contributed by atoms with van der Waals surface area (Å²) in [5.41, 5.74) is 4.59. The summed E-state index contributed by atoms with van der Waals surface area (Å²) in [6.45, 7) is 0.101. The molecule has 6 heteroatoms. The molecular formula is C52H38N2O4. The number of carbonyl (C=O) groups is 4. The van der Waals surface area contributed by atoms with Crippen molar-refractivity contribution in [2.75, 3.05) is 0 Å². The number of benzene rings is 7. The van der Waals surface area contributed by atoms with Crippen LogP contribution in [-0.4, -0.2) is 33.4 Å². The van der Waals surface area contributed by atoms with E-state index in [9.17, 15) is 0 Å². The summed E-state index contributed by atoms with van der Waals surface area (Å²) in [6, 6.07) is 55.5. The monoisotopic (exact) mass is 754 g/mol. The van der Waals surface area contributed by atoms with Crippen molar-refractivity contribution in [1.29, 1.82) is 0 Å². The van der Waals surface area contributed by atoms with Gasteiger partial charge in [0.1, 0.15) is 5.41 Å². The van der Waals surface area contributed by atoms with E-state index in [0.29, 0.717) is 27.8 Å². The third-order valence-electron chi connectivity index (χ3n) is 12.3. The average Bonchev–Trinajstić information content (AvgIpc) is 3.31. The van der Waals surface area contributed by atoms with Crippen LogP contribution in [0.1, 0.15) is 72.6 Å². The Labute approximate surface area is 336 Å². The van der Waals surface area contributed by atoms with Crippen molar-refractivity contribution >= 4 is 34.4 Å². The van der Waals surface area contributed by atoms with E-state index >= 15 is 19.2 Å². The van der Waals surface area contributed by atoms with E-state index in [2.05, 4.69) is 0 Å². The number of imide groups is 2. The Bertz CT molecular complexity index is 2760. The van der Waals surface area contributed by atoms with Gasteiger partial charge in [-0.1, -0.05) is 182 Å². The van der Waals surface area contributed by atoms with Crippen LogP contribution in [0.15, 0.2) is 188 Å². The minimum absolute atomic E-state index is 0.0141. The van der Waals surface area contributed by atoms with Gasteiger partial charge in [0.2, 0.25) is 17.7 Å². The molecule has 4 amide bonds. The van der Waals surface area contributed by atoms with Gasteiger partial charge in [0.25, 0.3) is 5.91 Å². The highest BCUT2D eigenvalue weighted by atomic mass is 16.2. The molecule has 3 aliphatic heterocycles. The fourth-order valence-corrected chi connectivity index (χ4v) is 9.72. The van der Waals surface area contributed by atoms with Crippen LogP contribution in [0, 0.1) is 0 Å². The predicted molar refractivity (Wildman–Crippen MR) is 224 cm³/mol. The lowest BCUT2D eigenvalue weighted by Gasteiger charge is -2.48. The summed E-state index contributed by atoms with van der Waals surface area (Å²) >= 11 is 0. The molecular weight excluding hydrogens is 717 g/mol. The number of rotatable bonds is 6. The van der Waals surface area contributed by atoms with Crippen LogP contribution >= 0.6 is 0 Å². The fourth-order valence-electron chi connectivity index (χ4n) is 9.72. The average molecular weight is 755 g/mol. The molecule has 6 nitrogen and oxygen atoms in total. The van der Waals surface area contributed by atoms with Gasteiger partial charge < -0.3 is 0 Å². The maximum absolute atomic E-state index is 16.7. The predicted octanol–water partition coefficient (Wildman–Crippen LogP) is 9.45. The fraction of sp³-hybridized carbons (Fsp3) is 0.115. The first-order valence-electron chi connectivity index (χ1n) is 19.7. The number of nitrogens with zero attached hydrogens (tertiary/aromatic N) is 2. The minimum atomic E-state index is -1.53. The third-order valence-corrected chi connectivity index (χ3v) is 12.3. The highest BCUT2D eigenvalue weighted by Gasteiger charge is 2.59. The number of amides is 4. The first-order valence-corrected chi connectivity index (χ1v) is 19.7. The van der Waals surface area contributed by atoms with Crippen molar-refractivity contribution in [3.05, 3.63) is 238 Å². The molecule has 0 saturated carbocycles. The van der Waals surface area contributed by atoms with Crippen molar-refractivity contribution in [2.45, 2.75) is 36.3 Å². The van der Waals surface area contributed by atoms with Crippen molar-refractivity contribution in [3.63, 3.8) is 0 Å². The molecule has 0 fully saturated rings. The second-order valence-corrected chi connectivity index (χ2v) is 15.3. The van der Waals surface area contributed by atoms with Gasteiger partial charge >= 0.3 is 0 Å². The molecule has 12 rings (SSSR count). The first-order chi connectivity index (χ1) is 28.5. The van der Waals surface area contributed by atoms with E-state index in [1.807, 2.05) is 182 Å². The molecule has 2 aliphatic carbocycles. The summed E-state index contributed by atoms with van der Waals surface area (Å²) in [5, 5.41) is 1.64. The Morgan fingerprint density at radius 1 is 0.534 bits per heavy atom. The molecule has 0 spiro atoms. The Morgan fingerprint density at radius 2 is 1.09 bits per heavy atom. The van der Waals surface area contributed by atoms with Crippen LogP contribution in [0.3, 0.4) is 0 Å². The number of fused-ring (bicyclic) bond motifs is 1. The lowest BCUT2D eigenvalue weighted by atomic mass is 9.54. The third kappa shape index (κ3) is 5.40. The lowest BCUT2D eigenvalue weighted by Crippen LogP contribution is -2.55. The van der Waals surface area contributed by atoms with Gasteiger partial charge in [-0.2, -0.15) is 0 Å². The van der Waals surface area contributed by atoms with Crippen LogP contribution in [0.25, 0.3) is 10.8 Å². The van der Waals surface area contributed by atoms with E-state index in [1.165, 1.54) is 9.80 Å². The van der Waals surface area contributed by atoms with Crippen molar-refractivity contribution in [2.24, 2.45) is 0 Å². The summed E-state index contributed by atoms with van der Waals surface area (Å²) in [6.07, 6.45) is 3.85. The van der Waals surface area contributed by atoms with Gasteiger partial charge in [-0.05, 0) is 61.3 Å². The molecule has 3 heterocycles. The van der Waals surface area contributed by atoms with Crippen LogP contribution in [0.5, 0.6) is 0 Å². The van der Waals surface area contributed by atoms with E-state index in [4.69, 9.17) is 0 Å². The SMILES string of the molecule is O=C(c1cccc2ccccc12)N(Cc1ccccc1)C(=O)C12c3ccccc3C(C(=O)N(Cc3ccccc3)C(=O)C3C=CC1c1ccccc13)c1ccccc12. The summed E-state index contributed by atoms with van der Waals surface area (Å²) in [7, 11) is 0. The first kappa shape index (κ1) is 35.2. The zero-order chi connectivity index (χ0) is 39.4. The Kier molecular flexibility index (Phi) is 8.56. The molecule has 4 bridgehead atoms. The molecule has 7 aromatic carbocycles. The van der Waals surface area contributed by atoms with Gasteiger partial charge in [0.05, 0.1) is 24.9 Å². The molecule has 280 valence electrons. The van der Waals surface area contributed by atoms with Crippen LogP contribution < -0.4 is 0 Å². The molecule has 2 unspecified atom stereocenters. The zero-order valence-electron chi connectivity index (χ0n) is 31.6. The Hall–Kier alpha value is -7.18. The van der Waals surface area contributed by atoms with Crippen LogP contribution in [-0.2, 0) is 32.9 Å². The van der Waals surface area contributed by atoms with Crippen LogP contribution in [0.2, 0.25) is 0 Å². The number of carbonyl (C=O) groups excluding carboxylic acids is 4. The van der Waals surface area contributed by atoms with Crippen LogP contribution in [0.4, 0.5) is 0 Å². The second kappa shape index (κ2) is 14.1. The normalized spacial score (nSPS) is 20.2.